The topological polar surface area (TPSA) is 89.3 Å². The molecule has 2 aromatic heterocycles. The summed E-state index contributed by atoms with van der Waals surface area (Å²) in [6, 6.07) is 9.08. The Labute approximate surface area is 187 Å². The second kappa shape index (κ2) is 7.93. The van der Waals surface area contributed by atoms with Gasteiger partial charge in [-0.2, -0.15) is 5.10 Å². The summed E-state index contributed by atoms with van der Waals surface area (Å²) >= 11 is 0. The number of carbonyl (C=O) groups excluding carboxylic acids is 2. The molecule has 0 spiro atoms. The SMILES string of the molecule is Cc1nn(C(C)(C)C)c2nc(C(C)C)cc(C(=O)Nc3ccccc3N3CCOC3=O)c12. The first kappa shape index (κ1) is 21.8. The van der Waals surface area contributed by atoms with Crippen LogP contribution in [0.15, 0.2) is 30.3 Å². The molecule has 0 saturated carbocycles. The Morgan fingerprint density at radius 1 is 1.22 bits per heavy atom. The smallest absolute Gasteiger partial charge is 0.414 e. The average molecular weight is 436 g/mol. The number of hydrogen-bond donors (Lipinski definition) is 1. The molecule has 1 aliphatic rings. The van der Waals surface area contributed by atoms with Crippen LogP contribution in [0.3, 0.4) is 0 Å². The van der Waals surface area contributed by atoms with Crippen molar-refractivity contribution < 1.29 is 14.3 Å². The molecule has 0 radical (unpaired) electrons. The molecule has 3 heterocycles. The van der Waals surface area contributed by atoms with Gasteiger partial charge in [-0.1, -0.05) is 26.0 Å². The normalized spacial score (nSPS) is 14.3. The number of hydrogen-bond acceptors (Lipinski definition) is 5. The summed E-state index contributed by atoms with van der Waals surface area (Å²) in [4.78, 5) is 32.0. The summed E-state index contributed by atoms with van der Waals surface area (Å²) < 4.78 is 6.95. The Morgan fingerprint density at radius 3 is 2.56 bits per heavy atom. The first-order chi connectivity index (χ1) is 15.1. The third-order valence-corrected chi connectivity index (χ3v) is 5.51. The number of nitrogens with one attached hydrogen (secondary N) is 1. The molecule has 1 N–H and O–H groups in total. The van der Waals surface area contributed by atoms with Crippen molar-refractivity contribution in [2.24, 2.45) is 0 Å². The minimum absolute atomic E-state index is 0.140. The van der Waals surface area contributed by atoms with Gasteiger partial charge in [-0.15, -0.1) is 0 Å². The highest BCUT2D eigenvalue weighted by molar-refractivity contribution is 6.14. The molecule has 8 heteroatoms. The van der Waals surface area contributed by atoms with E-state index in [0.29, 0.717) is 35.7 Å². The molecule has 8 nitrogen and oxygen atoms in total. The van der Waals surface area contributed by atoms with Crippen molar-refractivity contribution in [3.05, 3.63) is 47.3 Å². The van der Waals surface area contributed by atoms with Crippen LogP contribution in [0.4, 0.5) is 16.2 Å². The molecule has 32 heavy (non-hydrogen) atoms. The second-order valence-corrected chi connectivity index (χ2v) is 9.35. The third kappa shape index (κ3) is 3.81. The number of cyclic esters (lactones) is 1. The monoisotopic (exact) mass is 435 g/mol. The van der Waals surface area contributed by atoms with E-state index in [2.05, 4.69) is 39.9 Å². The van der Waals surface area contributed by atoms with Gasteiger partial charge in [-0.25, -0.2) is 14.5 Å². The van der Waals surface area contributed by atoms with Crippen molar-refractivity contribution in [1.82, 2.24) is 14.8 Å². The summed E-state index contributed by atoms with van der Waals surface area (Å²) in [5.74, 6) is -0.128. The summed E-state index contributed by atoms with van der Waals surface area (Å²) in [6.45, 7) is 13.0. The van der Waals surface area contributed by atoms with E-state index in [4.69, 9.17) is 14.8 Å². The molecule has 4 rings (SSSR count). The maximum Gasteiger partial charge on any atom is 0.414 e. The van der Waals surface area contributed by atoms with Crippen LogP contribution < -0.4 is 10.2 Å². The lowest BCUT2D eigenvalue weighted by Gasteiger charge is -2.21. The lowest BCUT2D eigenvalue weighted by molar-refractivity contribution is 0.102. The zero-order chi connectivity index (χ0) is 23.2. The molecule has 0 aliphatic carbocycles. The Morgan fingerprint density at radius 2 is 1.94 bits per heavy atom. The Balaban J connectivity index is 1.82. The van der Waals surface area contributed by atoms with Gasteiger partial charge in [0.1, 0.15) is 6.61 Å². The van der Waals surface area contributed by atoms with Gasteiger partial charge in [0, 0.05) is 5.69 Å². The van der Waals surface area contributed by atoms with Gasteiger partial charge in [0.15, 0.2) is 5.65 Å². The van der Waals surface area contributed by atoms with Gasteiger partial charge in [-0.3, -0.25) is 9.69 Å². The second-order valence-electron chi connectivity index (χ2n) is 9.35. The van der Waals surface area contributed by atoms with E-state index in [0.717, 1.165) is 16.8 Å². The van der Waals surface area contributed by atoms with E-state index in [1.165, 1.54) is 4.90 Å². The predicted molar refractivity (Wildman–Crippen MR) is 124 cm³/mol. The van der Waals surface area contributed by atoms with Crippen LogP contribution in [0.2, 0.25) is 0 Å². The van der Waals surface area contributed by atoms with Gasteiger partial charge in [0.2, 0.25) is 0 Å². The number of rotatable bonds is 4. The molecule has 1 aliphatic heterocycles. The van der Waals surface area contributed by atoms with Crippen molar-refractivity contribution in [3.63, 3.8) is 0 Å². The lowest BCUT2D eigenvalue weighted by Crippen LogP contribution is -2.25. The van der Waals surface area contributed by atoms with Gasteiger partial charge in [0.25, 0.3) is 5.91 Å². The highest BCUT2D eigenvalue weighted by atomic mass is 16.6. The van der Waals surface area contributed by atoms with E-state index in [1.54, 1.807) is 12.1 Å². The van der Waals surface area contributed by atoms with Gasteiger partial charge >= 0.3 is 6.09 Å². The van der Waals surface area contributed by atoms with Gasteiger partial charge < -0.3 is 10.1 Å². The van der Waals surface area contributed by atoms with E-state index < -0.39 is 6.09 Å². The molecule has 1 fully saturated rings. The van der Waals surface area contributed by atoms with Crippen LogP contribution in [0.1, 0.15) is 62.3 Å². The zero-order valence-electron chi connectivity index (χ0n) is 19.4. The van der Waals surface area contributed by atoms with E-state index in [-0.39, 0.29) is 17.4 Å². The number of anilines is 2. The maximum absolute atomic E-state index is 13.6. The van der Waals surface area contributed by atoms with Gasteiger partial charge in [0.05, 0.1) is 40.1 Å². The number of ether oxygens (including phenoxy) is 1. The number of amides is 2. The molecule has 0 unspecified atom stereocenters. The van der Waals surface area contributed by atoms with Crippen molar-refractivity contribution in [2.45, 2.75) is 53.0 Å². The fourth-order valence-corrected chi connectivity index (χ4v) is 3.87. The Kier molecular flexibility index (Phi) is 5.40. The van der Waals surface area contributed by atoms with Crippen molar-refractivity contribution in [2.75, 3.05) is 23.4 Å². The van der Waals surface area contributed by atoms with Crippen LogP contribution in [0.25, 0.3) is 11.0 Å². The number of carbonyl (C=O) groups is 2. The van der Waals surface area contributed by atoms with Crippen molar-refractivity contribution >= 4 is 34.4 Å². The minimum atomic E-state index is -0.414. The lowest BCUT2D eigenvalue weighted by atomic mass is 10.0. The fourth-order valence-electron chi connectivity index (χ4n) is 3.87. The quantitative estimate of drug-likeness (QED) is 0.634. The largest absolute Gasteiger partial charge is 0.447 e. The van der Waals surface area contributed by atoms with Crippen LogP contribution in [0, 0.1) is 6.92 Å². The number of benzene rings is 1. The molecule has 2 amide bonds. The molecular weight excluding hydrogens is 406 g/mol. The molecular formula is C24H29N5O3. The number of nitrogens with zero attached hydrogens (tertiary/aromatic N) is 4. The first-order valence-electron chi connectivity index (χ1n) is 10.8. The third-order valence-electron chi connectivity index (χ3n) is 5.51. The summed E-state index contributed by atoms with van der Waals surface area (Å²) in [5, 5.41) is 8.45. The zero-order valence-corrected chi connectivity index (χ0v) is 19.4. The van der Waals surface area contributed by atoms with E-state index in [1.807, 2.05) is 29.8 Å². The standard InChI is InChI=1S/C24H29N5O3/c1-14(2)18-13-16(20-15(3)27-29(21(20)25-18)24(4,5)6)22(30)26-17-9-7-8-10-19(17)28-11-12-32-23(28)31/h7-10,13-14H,11-12H2,1-6H3,(H,26,30). The number of para-hydroxylation sites is 2. The highest BCUT2D eigenvalue weighted by Crippen LogP contribution is 2.32. The molecule has 168 valence electrons. The molecule has 1 aromatic carbocycles. The van der Waals surface area contributed by atoms with Crippen LogP contribution >= 0.6 is 0 Å². The summed E-state index contributed by atoms with van der Waals surface area (Å²) in [5.41, 5.74) is 3.66. The molecule has 0 atom stereocenters. The maximum atomic E-state index is 13.6. The minimum Gasteiger partial charge on any atom is -0.447 e. The average Bonchev–Trinajstić information content (AvgIpc) is 3.30. The van der Waals surface area contributed by atoms with Crippen molar-refractivity contribution in [1.29, 1.82) is 0 Å². The van der Waals surface area contributed by atoms with Crippen LogP contribution in [0.5, 0.6) is 0 Å². The number of fused-ring (bicyclic) bond motifs is 1. The fraction of sp³-hybridized carbons (Fsp3) is 0.417. The summed E-state index contributed by atoms with van der Waals surface area (Å²) in [6.07, 6.45) is -0.414. The summed E-state index contributed by atoms with van der Waals surface area (Å²) in [7, 11) is 0. The van der Waals surface area contributed by atoms with Crippen molar-refractivity contribution in [3.8, 4) is 0 Å². The first-order valence-corrected chi connectivity index (χ1v) is 10.8. The predicted octanol–water partition coefficient (Wildman–Crippen LogP) is 4.83. The number of aromatic nitrogens is 3. The van der Waals surface area contributed by atoms with E-state index >= 15 is 0 Å². The molecule has 1 saturated heterocycles. The van der Waals surface area contributed by atoms with Crippen LogP contribution in [-0.4, -0.2) is 39.9 Å². The van der Waals surface area contributed by atoms with E-state index in [9.17, 15) is 9.59 Å². The number of pyridine rings is 1. The molecule has 3 aromatic rings. The highest BCUT2D eigenvalue weighted by Gasteiger charge is 2.28. The number of aryl methyl sites for hydroxylation is 1. The van der Waals surface area contributed by atoms with Crippen LogP contribution in [-0.2, 0) is 10.3 Å². The Hall–Kier alpha value is -3.42. The van der Waals surface area contributed by atoms with Gasteiger partial charge in [-0.05, 0) is 51.8 Å². The molecule has 0 bridgehead atoms. The Bertz CT molecular complexity index is 1210.